The lowest BCUT2D eigenvalue weighted by Gasteiger charge is -2.09. The zero-order chi connectivity index (χ0) is 14.7. The van der Waals surface area contributed by atoms with Gasteiger partial charge in [0.1, 0.15) is 5.52 Å². The fraction of sp³-hybridized carbons (Fsp3) is 0.133. The molecule has 106 valence electrons. The molecule has 0 saturated carbocycles. The minimum Gasteiger partial charge on any atom is -0.431 e. The van der Waals surface area contributed by atoms with Crippen LogP contribution in [0.15, 0.2) is 58.4 Å². The Hall–Kier alpha value is -2.34. The summed E-state index contributed by atoms with van der Waals surface area (Å²) in [5.74, 6) is -0.116. The van der Waals surface area contributed by atoms with Crippen LogP contribution in [0.1, 0.15) is 6.92 Å². The van der Waals surface area contributed by atoms with Crippen molar-refractivity contribution in [2.75, 3.05) is 5.32 Å². The van der Waals surface area contributed by atoms with Crippen molar-refractivity contribution in [3.05, 3.63) is 48.8 Å². The lowest BCUT2D eigenvalue weighted by molar-refractivity contribution is -0.115. The third kappa shape index (κ3) is 3.22. The van der Waals surface area contributed by atoms with Gasteiger partial charge >= 0.3 is 0 Å². The fourth-order valence-corrected chi connectivity index (χ4v) is 2.54. The molecule has 0 radical (unpaired) electrons. The number of pyridine rings is 1. The Bertz CT molecular complexity index is 725. The number of amides is 1. The molecule has 6 heteroatoms. The first kappa shape index (κ1) is 13.6. The monoisotopic (exact) mass is 299 g/mol. The van der Waals surface area contributed by atoms with E-state index in [2.05, 4.69) is 15.3 Å². The maximum absolute atomic E-state index is 12.1. The molecule has 1 atom stereocenters. The van der Waals surface area contributed by atoms with Crippen LogP contribution in [0.25, 0.3) is 11.1 Å². The minimum atomic E-state index is -0.321. The molecule has 0 aliphatic rings. The number of carbonyl (C=O) groups is 1. The third-order valence-corrected chi connectivity index (χ3v) is 3.79. The topological polar surface area (TPSA) is 68.0 Å². The van der Waals surface area contributed by atoms with Crippen LogP contribution < -0.4 is 5.32 Å². The Kier molecular flexibility index (Phi) is 3.87. The second-order valence-corrected chi connectivity index (χ2v) is 5.73. The first-order valence-electron chi connectivity index (χ1n) is 6.45. The molecule has 1 amide bonds. The average molecular weight is 299 g/mol. The highest BCUT2D eigenvalue weighted by atomic mass is 32.2. The third-order valence-electron chi connectivity index (χ3n) is 2.85. The average Bonchev–Trinajstić information content (AvgIpc) is 2.90. The Morgan fingerprint density at radius 2 is 2.14 bits per heavy atom. The van der Waals surface area contributed by atoms with Crippen molar-refractivity contribution < 1.29 is 9.21 Å². The number of para-hydroxylation sites is 2. The summed E-state index contributed by atoms with van der Waals surface area (Å²) in [6.07, 6.45) is 3.26. The first-order chi connectivity index (χ1) is 10.2. The molecule has 2 aromatic heterocycles. The number of benzene rings is 1. The van der Waals surface area contributed by atoms with E-state index in [1.807, 2.05) is 31.2 Å². The molecule has 3 rings (SSSR count). The van der Waals surface area contributed by atoms with Gasteiger partial charge in [-0.25, -0.2) is 4.98 Å². The number of oxazole rings is 1. The number of hydrogen-bond acceptors (Lipinski definition) is 5. The van der Waals surface area contributed by atoms with Crippen LogP contribution in [0.2, 0.25) is 0 Å². The van der Waals surface area contributed by atoms with Crippen LogP contribution in [0.5, 0.6) is 0 Å². The molecule has 3 aromatic rings. The van der Waals surface area contributed by atoms with E-state index >= 15 is 0 Å². The first-order valence-corrected chi connectivity index (χ1v) is 7.33. The van der Waals surface area contributed by atoms with Crippen LogP contribution in [0.4, 0.5) is 5.69 Å². The molecule has 0 fully saturated rings. The van der Waals surface area contributed by atoms with E-state index in [-0.39, 0.29) is 11.2 Å². The molecule has 1 N–H and O–H groups in total. The van der Waals surface area contributed by atoms with E-state index in [9.17, 15) is 4.79 Å². The molecule has 5 nitrogen and oxygen atoms in total. The van der Waals surface area contributed by atoms with Gasteiger partial charge in [0.2, 0.25) is 5.91 Å². The van der Waals surface area contributed by atoms with Crippen LogP contribution in [-0.2, 0) is 4.79 Å². The van der Waals surface area contributed by atoms with E-state index in [1.165, 1.54) is 11.8 Å². The Labute approximate surface area is 125 Å². The smallest absolute Gasteiger partial charge is 0.257 e. The molecule has 2 heterocycles. The molecule has 0 saturated heterocycles. The minimum absolute atomic E-state index is 0.116. The SMILES string of the molecule is CC(Sc1nc2ccccc2o1)C(=O)Nc1cccnc1. The van der Waals surface area contributed by atoms with E-state index in [4.69, 9.17) is 4.42 Å². The number of nitrogens with one attached hydrogen (secondary N) is 1. The normalized spacial score (nSPS) is 12.2. The second-order valence-electron chi connectivity index (χ2n) is 4.44. The highest BCUT2D eigenvalue weighted by Crippen LogP contribution is 2.27. The van der Waals surface area contributed by atoms with Crippen molar-refractivity contribution in [3.8, 4) is 0 Å². The predicted octanol–water partition coefficient (Wildman–Crippen LogP) is 3.34. The van der Waals surface area contributed by atoms with Gasteiger partial charge in [-0.15, -0.1) is 0 Å². The van der Waals surface area contributed by atoms with Crippen molar-refractivity contribution >= 4 is 34.5 Å². The van der Waals surface area contributed by atoms with Gasteiger partial charge in [0, 0.05) is 6.20 Å². The summed E-state index contributed by atoms with van der Waals surface area (Å²) in [7, 11) is 0. The molecule has 21 heavy (non-hydrogen) atoms. The van der Waals surface area contributed by atoms with Gasteiger partial charge < -0.3 is 9.73 Å². The highest BCUT2D eigenvalue weighted by Gasteiger charge is 2.18. The van der Waals surface area contributed by atoms with Gasteiger partial charge in [0.25, 0.3) is 5.22 Å². The van der Waals surface area contributed by atoms with E-state index < -0.39 is 0 Å². The summed E-state index contributed by atoms with van der Waals surface area (Å²) >= 11 is 1.29. The van der Waals surface area contributed by atoms with Crippen molar-refractivity contribution in [2.45, 2.75) is 17.4 Å². The van der Waals surface area contributed by atoms with Crippen molar-refractivity contribution in [2.24, 2.45) is 0 Å². The number of fused-ring (bicyclic) bond motifs is 1. The van der Waals surface area contributed by atoms with E-state index in [0.717, 1.165) is 11.1 Å². The van der Waals surface area contributed by atoms with Crippen molar-refractivity contribution in [1.82, 2.24) is 9.97 Å². The van der Waals surface area contributed by atoms with Crippen LogP contribution in [0, 0.1) is 0 Å². The number of anilines is 1. The van der Waals surface area contributed by atoms with Gasteiger partial charge in [-0.2, -0.15) is 0 Å². The standard InChI is InChI=1S/C15H13N3O2S/c1-10(14(19)17-11-5-4-8-16-9-11)21-15-18-12-6-2-3-7-13(12)20-15/h2-10H,1H3,(H,17,19). The van der Waals surface area contributed by atoms with E-state index in [0.29, 0.717) is 10.9 Å². The lowest BCUT2D eigenvalue weighted by Crippen LogP contribution is -2.22. The summed E-state index contributed by atoms with van der Waals surface area (Å²) in [5.41, 5.74) is 2.19. The van der Waals surface area contributed by atoms with Gasteiger partial charge in [0.15, 0.2) is 5.58 Å². The van der Waals surface area contributed by atoms with Gasteiger partial charge in [0.05, 0.1) is 17.1 Å². The molecule has 0 bridgehead atoms. The number of nitrogens with zero attached hydrogens (tertiary/aromatic N) is 2. The fourth-order valence-electron chi connectivity index (χ4n) is 1.79. The zero-order valence-electron chi connectivity index (χ0n) is 11.3. The summed E-state index contributed by atoms with van der Waals surface area (Å²) in [6.45, 7) is 1.81. The molecular formula is C15H13N3O2S. The highest BCUT2D eigenvalue weighted by molar-refractivity contribution is 8.00. The second kappa shape index (κ2) is 5.97. The number of rotatable bonds is 4. The van der Waals surface area contributed by atoms with E-state index in [1.54, 1.807) is 24.5 Å². The molecule has 0 spiro atoms. The number of aromatic nitrogens is 2. The molecule has 0 aliphatic heterocycles. The van der Waals surface area contributed by atoms with Gasteiger partial charge in [-0.1, -0.05) is 23.9 Å². The molecule has 0 aliphatic carbocycles. The Morgan fingerprint density at radius 3 is 2.90 bits per heavy atom. The quantitative estimate of drug-likeness (QED) is 0.748. The maximum atomic E-state index is 12.1. The number of thioether (sulfide) groups is 1. The Morgan fingerprint density at radius 1 is 1.29 bits per heavy atom. The summed E-state index contributed by atoms with van der Waals surface area (Å²) < 4.78 is 5.60. The maximum Gasteiger partial charge on any atom is 0.257 e. The summed E-state index contributed by atoms with van der Waals surface area (Å²) in [5, 5.41) is 2.97. The summed E-state index contributed by atoms with van der Waals surface area (Å²) in [6, 6.07) is 11.1. The largest absolute Gasteiger partial charge is 0.431 e. The van der Waals surface area contributed by atoms with Crippen molar-refractivity contribution in [3.63, 3.8) is 0 Å². The van der Waals surface area contributed by atoms with Gasteiger partial charge in [-0.05, 0) is 31.2 Å². The molecule has 1 unspecified atom stereocenters. The van der Waals surface area contributed by atoms with Crippen LogP contribution in [-0.4, -0.2) is 21.1 Å². The van der Waals surface area contributed by atoms with Crippen molar-refractivity contribution in [1.29, 1.82) is 0 Å². The van der Waals surface area contributed by atoms with Crippen LogP contribution >= 0.6 is 11.8 Å². The summed E-state index contributed by atoms with van der Waals surface area (Å²) in [4.78, 5) is 20.4. The lowest BCUT2D eigenvalue weighted by atomic mass is 10.3. The molecule has 1 aromatic carbocycles. The predicted molar refractivity (Wildman–Crippen MR) is 82.2 cm³/mol. The zero-order valence-corrected chi connectivity index (χ0v) is 12.1. The number of hydrogen-bond donors (Lipinski definition) is 1. The van der Waals surface area contributed by atoms with Crippen LogP contribution in [0.3, 0.4) is 0 Å². The number of carbonyl (C=O) groups excluding carboxylic acids is 1. The Balaban J connectivity index is 1.67. The van der Waals surface area contributed by atoms with Gasteiger partial charge in [-0.3, -0.25) is 9.78 Å². The molecular weight excluding hydrogens is 286 g/mol.